The first-order chi connectivity index (χ1) is 13.6. The van der Waals surface area contributed by atoms with Crippen LogP contribution in [0.2, 0.25) is 0 Å². The van der Waals surface area contributed by atoms with Crippen LogP contribution in [0.3, 0.4) is 0 Å². The molecule has 4 rings (SSSR count). The molecule has 7 heteroatoms. The van der Waals surface area contributed by atoms with Gasteiger partial charge in [0, 0.05) is 14.1 Å². The van der Waals surface area contributed by atoms with E-state index in [-0.39, 0.29) is 25.0 Å². The van der Waals surface area contributed by atoms with Crippen LogP contribution < -0.4 is 5.32 Å². The van der Waals surface area contributed by atoms with Crippen LogP contribution in [0, 0.1) is 0 Å². The molecular formula is C21H22N4O3. The van der Waals surface area contributed by atoms with E-state index in [0.29, 0.717) is 0 Å². The average molecular weight is 378 g/mol. The van der Waals surface area contributed by atoms with Gasteiger partial charge in [-0.2, -0.15) is 0 Å². The second kappa shape index (κ2) is 7.44. The smallest absolute Gasteiger partial charge is 0.252 e. The number of aromatic nitrogens is 2. The minimum atomic E-state index is -0.778. The maximum Gasteiger partial charge on any atom is 0.252 e. The van der Waals surface area contributed by atoms with Gasteiger partial charge in [0.25, 0.3) is 5.91 Å². The van der Waals surface area contributed by atoms with Crippen LogP contribution in [0.25, 0.3) is 11.0 Å². The highest BCUT2D eigenvalue weighted by Gasteiger charge is 2.39. The van der Waals surface area contributed by atoms with Crippen LogP contribution in [0.4, 0.5) is 0 Å². The molecule has 2 heterocycles. The summed E-state index contributed by atoms with van der Waals surface area (Å²) in [6.07, 6.45) is -0.778. The number of hydrogen-bond donors (Lipinski definition) is 1. The lowest BCUT2D eigenvalue weighted by Crippen LogP contribution is -2.52. The first-order valence-corrected chi connectivity index (χ1v) is 9.16. The van der Waals surface area contributed by atoms with E-state index >= 15 is 0 Å². The Hall–Kier alpha value is -3.19. The molecule has 2 atom stereocenters. The van der Waals surface area contributed by atoms with E-state index in [9.17, 15) is 9.59 Å². The van der Waals surface area contributed by atoms with Crippen molar-refractivity contribution in [3.05, 3.63) is 66.0 Å². The third kappa shape index (κ3) is 3.25. The average Bonchev–Trinajstić information content (AvgIpc) is 3.04. The standard InChI is InChI=1S/C21H22N4O3/c1-24-16-11-7-6-10-15(16)23-17(24)12-22-21(27)20-19(14-8-4-3-5-9-14)25(2)18(26)13-28-20/h3-11,19-20H,12-13H2,1-2H3,(H,22,27)/t19-,20+/m0/s1. The molecule has 0 radical (unpaired) electrons. The van der Waals surface area contributed by atoms with Crippen LogP contribution in [0.1, 0.15) is 17.4 Å². The van der Waals surface area contributed by atoms with Crippen molar-refractivity contribution < 1.29 is 14.3 Å². The Bertz CT molecular complexity index is 1010. The van der Waals surface area contributed by atoms with E-state index < -0.39 is 12.1 Å². The summed E-state index contributed by atoms with van der Waals surface area (Å²) in [4.78, 5) is 31.2. The summed E-state index contributed by atoms with van der Waals surface area (Å²) in [6, 6.07) is 16.8. The van der Waals surface area contributed by atoms with Crippen molar-refractivity contribution in [2.75, 3.05) is 13.7 Å². The van der Waals surface area contributed by atoms with Gasteiger partial charge in [-0.1, -0.05) is 42.5 Å². The number of nitrogens with zero attached hydrogens (tertiary/aromatic N) is 3. The zero-order valence-corrected chi connectivity index (χ0v) is 15.8. The van der Waals surface area contributed by atoms with Gasteiger partial charge in [0.15, 0.2) is 6.10 Å². The summed E-state index contributed by atoms with van der Waals surface area (Å²) in [7, 11) is 3.63. The van der Waals surface area contributed by atoms with Crippen molar-refractivity contribution in [2.45, 2.75) is 18.7 Å². The van der Waals surface area contributed by atoms with Crippen LogP contribution in [-0.4, -0.2) is 46.0 Å². The fraction of sp³-hybridized carbons (Fsp3) is 0.286. The minimum absolute atomic E-state index is 0.107. The maximum atomic E-state index is 12.9. The lowest BCUT2D eigenvalue weighted by Gasteiger charge is -2.38. The molecule has 0 aliphatic carbocycles. The second-order valence-electron chi connectivity index (χ2n) is 6.89. The third-order valence-electron chi connectivity index (χ3n) is 5.18. The largest absolute Gasteiger partial charge is 0.356 e. The van der Waals surface area contributed by atoms with Gasteiger partial charge < -0.3 is 19.5 Å². The zero-order valence-electron chi connectivity index (χ0n) is 15.8. The molecule has 1 saturated heterocycles. The van der Waals surface area contributed by atoms with Gasteiger partial charge in [-0.3, -0.25) is 9.59 Å². The number of hydrogen-bond acceptors (Lipinski definition) is 4. The fourth-order valence-electron chi connectivity index (χ4n) is 3.60. The molecular weight excluding hydrogens is 356 g/mol. The SMILES string of the molecule is CN1C(=O)CO[C@@H](C(=O)NCc2nc3ccccc3n2C)[C@@H]1c1ccccc1. The van der Waals surface area contributed by atoms with Gasteiger partial charge in [0.1, 0.15) is 12.4 Å². The summed E-state index contributed by atoms with van der Waals surface area (Å²) < 4.78 is 7.60. The van der Waals surface area contributed by atoms with E-state index in [4.69, 9.17) is 4.74 Å². The minimum Gasteiger partial charge on any atom is -0.356 e. The number of nitrogens with one attached hydrogen (secondary N) is 1. The molecule has 0 saturated carbocycles. The Morgan fingerprint density at radius 3 is 2.61 bits per heavy atom. The Balaban J connectivity index is 1.54. The van der Waals surface area contributed by atoms with E-state index in [1.807, 2.05) is 66.2 Å². The van der Waals surface area contributed by atoms with Gasteiger partial charge in [-0.05, 0) is 17.7 Å². The molecule has 1 fully saturated rings. The topological polar surface area (TPSA) is 76.5 Å². The number of morpholine rings is 1. The van der Waals surface area contributed by atoms with Crippen molar-refractivity contribution in [3.8, 4) is 0 Å². The number of aryl methyl sites for hydroxylation is 1. The van der Waals surface area contributed by atoms with Gasteiger partial charge in [0.05, 0.1) is 23.6 Å². The molecule has 2 amide bonds. The molecule has 144 valence electrons. The maximum absolute atomic E-state index is 12.9. The van der Waals surface area contributed by atoms with Crippen molar-refractivity contribution in [2.24, 2.45) is 7.05 Å². The van der Waals surface area contributed by atoms with Crippen LogP contribution in [0.5, 0.6) is 0 Å². The van der Waals surface area contributed by atoms with Crippen molar-refractivity contribution in [1.29, 1.82) is 0 Å². The number of rotatable bonds is 4. The quantitative estimate of drug-likeness (QED) is 0.751. The molecule has 7 nitrogen and oxygen atoms in total. The molecule has 1 aliphatic rings. The Kier molecular flexibility index (Phi) is 4.83. The predicted octanol–water partition coefficient (Wildman–Crippen LogP) is 1.79. The molecule has 2 aromatic carbocycles. The van der Waals surface area contributed by atoms with E-state index in [2.05, 4.69) is 10.3 Å². The van der Waals surface area contributed by atoms with Crippen molar-refractivity contribution in [3.63, 3.8) is 0 Å². The highest BCUT2D eigenvalue weighted by Crippen LogP contribution is 2.29. The number of likely N-dealkylation sites (N-methyl/N-ethyl adjacent to an activating group) is 1. The lowest BCUT2D eigenvalue weighted by molar-refractivity contribution is -0.162. The number of carbonyl (C=O) groups excluding carboxylic acids is 2. The molecule has 28 heavy (non-hydrogen) atoms. The number of carbonyl (C=O) groups is 2. The van der Waals surface area contributed by atoms with Crippen molar-refractivity contribution in [1.82, 2.24) is 19.8 Å². The highest BCUT2D eigenvalue weighted by atomic mass is 16.5. The number of ether oxygens (including phenoxy) is 1. The highest BCUT2D eigenvalue weighted by molar-refractivity contribution is 5.86. The Labute approximate surface area is 162 Å². The van der Waals surface area contributed by atoms with Gasteiger partial charge in [0.2, 0.25) is 5.91 Å². The second-order valence-corrected chi connectivity index (χ2v) is 6.89. The number of para-hydroxylation sites is 2. The van der Waals surface area contributed by atoms with Gasteiger partial charge >= 0.3 is 0 Å². The zero-order chi connectivity index (χ0) is 19.7. The van der Waals surface area contributed by atoms with E-state index in [1.165, 1.54) is 0 Å². The molecule has 0 spiro atoms. The Morgan fingerprint density at radius 2 is 1.86 bits per heavy atom. The van der Waals surface area contributed by atoms with E-state index in [0.717, 1.165) is 22.4 Å². The lowest BCUT2D eigenvalue weighted by atomic mass is 9.97. The summed E-state index contributed by atoms with van der Waals surface area (Å²) in [5.41, 5.74) is 2.75. The molecule has 0 unspecified atom stereocenters. The molecule has 1 aromatic heterocycles. The van der Waals surface area contributed by atoms with Gasteiger partial charge in [-0.25, -0.2) is 4.98 Å². The predicted molar refractivity (Wildman–Crippen MR) is 104 cm³/mol. The number of fused-ring (bicyclic) bond motifs is 1. The summed E-state index contributed by atoms with van der Waals surface area (Å²) >= 11 is 0. The summed E-state index contributed by atoms with van der Waals surface area (Å²) in [6.45, 7) is 0.174. The Morgan fingerprint density at radius 1 is 1.14 bits per heavy atom. The number of benzene rings is 2. The van der Waals surface area contributed by atoms with Crippen LogP contribution in [-0.2, 0) is 27.9 Å². The van der Waals surface area contributed by atoms with E-state index in [1.54, 1.807) is 11.9 Å². The molecule has 1 aliphatic heterocycles. The van der Waals surface area contributed by atoms with Gasteiger partial charge in [-0.15, -0.1) is 0 Å². The summed E-state index contributed by atoms with van der Waals surface area (Å²) in [5.74, 6) is 0.347. The molecule has 0 bridgehead atoms. The molecule has 3 aromatic rings. The fourth-order valence-corrected chi connectivity index (χ4v) is 3.60. The first-order valence-electron chi connectivity index (χ1n) is 9.16. The number of amides is 2. The number of imidazole rings is 1. The molecule has 1 N–H and O–H groups in total. The van der Waals surface area contributed by atoms with Crippen molar-refractivity contribution >= 4 is 22.8 Å². The summed E-state index contributed by atoms with van der Waals surface area (Å²) in [5, 5.41) is 2.92. The normalized spacial score (nSPS) is 19.8. The van der Waals surface area contributed by atoms with Crippen LogP contribution >= 0.6 is 0 Å². The van der Waals surface area contributed by atoms with Crippen LogP contribution in [0.15, 0.2) is 54.6 Å². The first kappa shape index (κ1) is 18.2. The third-order valence-corrected chi connectivity index (χ3v) is 5.18. The monoisotopic (exact) mass is 378 g/mol.